The van der Waals surface area contributed by atoms with Crippen LogP contribution >= 0.6 is 0 Å². The van der Waals surface area contributed by atoms with Gasteiger partial charge in [-0.25, -0.2) is 8.78 Å². The summed E-state index contributed by atoms with van der Waals surface area (Å²) in [5.41, 5.74) is 2.54. The van der Waals surface area contributed by atoms with Crippen LogP contribution in [0.25, 0.3) is 0 Å². The van der Waals surface area contributed by atoms with Gasteiger partial charge in [0.25, 0.3) is 0 Å². The lowest BCUT2D eigenvalue weighted by Crippen LogP contribution is -2.52. The second kappa shape index (κ2) is 10.5. The Balaban J connectivity index is 1.40. The number of rotatable bonds is 7. The minimum atomic E-state index is -0.448. The van der Waals surface area contributed by atoms with Crippen molar-refractivity contribution in [2.75, 3.05) is 32.7 Å². The first-order valence-electron chi connectivity index (χ1n) is 11.7. The highest BCUT2D eigenvalue weighted by Gasteiger charge is 2.29. The van der Waals surface area contributed by atoms with Gasteiger partial charge >= 0.3 is 0 Å². The quantitative estimate of drug-likeness (QED) is 0.551. The van der Waals surface area contributed by atoms with Crippen LogP contribution in [-0.2, 0) is 10.3 Å². The molecule has 3 aromatic carbocycles. The molecule has 0 atom stereocenters. The minimum Gasteiger partial charge on any atom is -0.346 e. The van der Waals surface area contributed by atoms with Gasteiger partial charge in [-0.15, -0.1) is 0 Å². The van der Waals surface area contributed by atoms with Crippen molar-refractivity contribution in [2.45, 2.75) is 25.4 Å². The van der Waals surface area contributed by atoms with Crippen molar-refractivity contribution < 1.29 is 13.6 Å². The fourth-order valence-corrected chi connectivity index (χ4v) is 4.60. The molecule has 0 spiro atoms. The molecule has 3 aromatic rings. The number of carbonyl (C=O) groups excluding carboxylic acids is 1. The maximum absolute atomic E-state index is 13.5. The predicted octanol–water partition coefficient (Wildman–Crippen LogP) is 4.72. The van der Waals surface area contributed by atoms with E-state index in [0.29, 0.717) is 6.54 Å². The number of piperazine rings is 1. The van der Waals surface area contributed by atoms with Gasteiger partial charge in [0.1, 0.15) is 11.6 Å². The van der Waals surface area contributed by atoms with Gasteiger partial charge in [-0.3, -0.25) is 14.6 Å². The molecule has 0 radical (unpaired) electrons. The summed E-state index contributed by atoms with van der Waals surface area (Å²) in [4.78, 5) is 17.2. The SMILES string of the molecule is CC(C)(NC(=O)CN1CCN(C(c2ccc(F)cc2)c2ccc(F)cc2)CC1)c1ccccc1. The van der Waals surface area contributed by atoms with Crippen LogP contribution in [0.5, 0.6) is 0 Å². The largest absolute Gasteiger partial charge is 0.346 e. The first-order valence-corrected chi connectivity index (χ1v) is 11.7. The van der Waals surface area contributed by atoms with Crippen LogP contribution in [-0.4, -0.2) is 48.4 Å². The molecule has 0 unspecified atom stereocenters. The Morgan fingerprint density at radius 3 is 1.82 bits per heavy atom. The third-order valence-electron chi connectivity index (χ3n) is 6.46. The summed E-state index contributed by atoms with van der Waals surface area (Å²) in [6, 6.07) is 22.8. The van der Waals surface area contributed by atoms with Crippen LogP contribution in [0.3, 0.4) is 0 Å². The van der Waals surface area contributed by atoms with Gasteiger partial charge < -0.3 is 5.32 Å². The number of halogens is 2. The Hall–Kier alpha value is -3.09. The summed E-state index contributed by atoms with van der Waals surface area (Å²) in [7, 11) is 0. The molecule has 0 aromatic heterocycles. The molecule has 1 aliphatic rings. The smallest absolute Gasteiger partial charge is 0.234 e. The van der Waals surface area contributed by atoms with Gasteiger partial charge in [-0.2, -0.15) is 0 Å². The monoisotopic (exact) mass is 463 g/mol. The summed E-state index contributed by atoms with van der Waals surface area (Å²) in [6.07, 6.45) is 0. The van der Waals surface area contributed by atoms with E-state index in [1.54, 1.807) is 24.3 Å². The first kappa shape index (κ1) is 24.0. The van der Waals surface area contributed by atoms with Gasteiger partial charge in [0.05, 0.1) is 18.1 Å². The Morgan fingerprint density at radius 1 is 0.824 bits per heavy atom. The molecular formula is C28H31F2N3O. The zero-order valence-electron chi connectivity index (χ0n) is 19.7. The third-order valence-corrected chi connectivity index (χ3v) is 6.46. The van der Waals surface area contributed by atoms with Crippen molar-refractivity contribution in [1.82, 2.24) is 15.1 Å². The molecule has 0 bridgehead atoms. The average Bonchev–Trinajstić information content (AvgIpc) is 2.83. The second-order valence-corrected chi connectivity index (χ2v) is 9.36. The zero-order valence-corrected chi connectivity index (χ0v) is 19.7. The van der Waals surface area contributed by atoms with Crippen molar-refractivity contribution in [1.29, 1.82) is 0 Å². The number of nitrogens with zero attached hydrogens (tertiary/aromatic N) is 2. The Labute approximate surface area is 200 Å². The lowest BCUT2D eigenvalue weighted by atomic mass is 9.94. The summed E-state index contributed by atoms with van der Waals surface area (Å²) in [5.74, 6) is -0.567. The molecule has 0 aliphatic carbocycles. The Kier molecular flexibility index (Phi) is 7.39. The average molecular weight is 464 g/mol. The van der Waals surface area contributed by atoms with Crippen LogP contribution in [0.1, 0.15) is 36.6 Å². The van der Waals surface area contributed by atoms with Gasteiger partial charge in [-0.05, 0) is 54.8 Å². The van der Waals surface area contributed by atoms with Crippen LogP contribution in [0.2, 0.25) is 0 Å². The number of nitrogens with one attached hydrogen (secondary N) is 1. The highest BCUT2D eigenvalue weighted by atomic mass is 19.1. The molecular weight excluding hydrogens is 432 g/mol. The predicted molar refractivity (Wildman–Crippen MR) is 130 cm³/mol. The normalized spacial score (nSPS) is 15.4. The van der Waals surface area contributed by atoms with Crippen LogP contribution in [0.4, 0.5) is 8.78 Å². The van der Waals surface area contributed by atoms with E-state index in [4.69, 9.17) is 0 Å². The number of carbonyl (C=O) groups is 1. The van der Waals surface area contributed by atoms with E-state index < -0.39 is 5.54 Å². The number of hydrogen-bond acceptors (Lipinski definition) is 3. The van der Waals surface area contributed by atoms with Crippen LogP contribution in [0, 0.1) is 11.6 Å². The number of amides is 1. The molecule has 4 nitrogen and oxygen atoms in total. The molecule has 1 amide bonds. The molecule has 1 aliphatic heterocycles. The molecule has 6 heteroatoms. The first-order chi connectivity index (χ1) is 16.3. The molecule has 1 saturated heterocycles. The fourth-order valence-electron chi connectivity index (χ4n) is 4.60. The maximum Gasteiger partial charge on any atom is 0.234 e. The Bertz CT molecular complexity index is 1030. The summed E-state index contributed by atoms with van der Waals surface area (Å²) in [5, 5.41) is 3.15. The highest BCUT2D eigenvalue weighted by Crippen LogP contribution is 2.30. The van der Waals surface area contributed by atoms with Crippen LogP contribution in [0.15, 0.2) is 78.9 Å². The number of hydrogen-bond donors (Lipinski definition) is 1. The summed E-state index contributed by atoms with van der Waals surface area (Å²) >= 11 is 0. The molecule has 1 heterocycles. The van der Waals surface area contributed by atoms with Gasteiger partial charge in [0.2, 0.25) is 5.91 Å². The van der Waals surface area contributed by atoms with Crippen molar-refractivity contribution >= 4 is 5.91 Å². The lowest BCUT2D eigenvalue weighted by molar-refractivity contribution is -0.124. The van der Waals surface area contributed by atoms with E-state index in [2.05, 4.69) is 15.1 Å². The Morgan fingerprint density at radius 2 is 1.32 bits per heavy atom. The maximum atomic E-state index is 13.5. The second-order valence-electron chi connectivity index (χ2n) is 9.36. The zero-order chi connectivity index (χ0) is 24.1. The highest BCUT2D eigenvalue weighted by molar-refractivity contribution is 5.79. The molecule has 1 fully saturated rings. The molecule has 0 saturated carbocycles. The van der Waals surface area contributed by atoms with Crippen molar-refractivity contribution in [3.05, 3.63) is 107 Å². The van der Waals surface area contributed by atoms with Gasteiger partial charge in [0.15, 0.2) is 0 Å². The summed E-state index contributed by atoms with van der Waals surface area (Å²) in [6.45, 7) is 7.31. The molecule has 34 heavy (non-hydrogen) atoms. The summed E-state index contributed by atoms with van der Waals surface area (Å²) < 4.78 is 27.1. The van der Waals surface area contributed by atoms with E-state index in [1.165, 1.54) is 24.3 Å². The van der Waals surface area contributed by atoms with E-state index in [9.17, 15) is 13.6 Å². The van der Waals surface area contributed by atoms with E-state index >= 15 is 0 Å². The standard InChI is InChI=1S/C28H31F2N3O/c1-28(2,23-6-4-3-5-7-23)31-26(34)20-32-16-18-33(19-17-32)27(21-8-12-24(29)13-9-21)22-10-14-25(30)15-11-22/h3-15,27H,16-20H2,1-2H3,(H,31,34). The molecule has 178 valence electrons. The van der Waals surface area contributed by atoms with Crippen molar-refractivity contribution in [3.8, 4) is 0 Å². The van der Waals surface area contributed by atoms with E-state index in [-0.39, 0.29) is 23.6 Å². The van der Waals surface area contributed by atoms with E-state index in [0.717, 1.165) is 42.9 Å². The van der Waals surface area contributed by atoms with Crippen molar-refractivity contribution in [3.63, 3.8) is 0 Å². The molecule has 1 N–H and O–H groups in total. The number of benzene rings is 3. The minimum absolute atomic E-state index is 0.00378. The topological polar surface area (TPSA) is 35.6 Å². The fraction of sp³-hybridized carbons (Fsp3) is 0.321. The van der Waals surface area contributed by atoms with Gasteiger partial charge in [-0.1, -0.05) is 54.6 Å². The van der Waals surface area contributed by atoms with E-state index in [1.807, 2.05) is 44.2 Å². The van der Waals surface area contributed by atoms with Crippen molar-refractivity contribution in [2.24, 2.45) is 0 Å². The van der Waals surface area contributed by atoms with Crippen LogP contribution < -0.4 is 5.32 Å². The third kappa shape index (κ3) is 5.88. The molecule has 4 rings (SSSR count). The lowest BCUT2D eigenvalue weighted by Gasteiger charge is -2.40. The van der Waals surface area contributed by atoms with Gasteiger partial charge in [0, 0.05) is 26.2 Å².